The van der Waals surface area contributed by atoms with Crippen molar-refractivity contribution in [3.05, 3.63) is 87.9 Å². The molecule has 3 amide bonds. The molecular weight excluding hydrogens is 546 g/mol. The molecule has 1 heterocycles. The van der Waals surface area contributed by atoms with E-state index in [9.17, 15) is 14.4 Å². The molecule has 1 fully saturated rings. The first-order valence-corrected chi connectivity index (χ1v) is 12.7. The van der Waals surface area contributed by atoms with Gasteiger partial charge in [0.15, 0.2) is 6.61 Å². The van der Waals surface area contributed by atoms with E-state index in [2.05, 4.69) is 26.6 Å². The predicted molar refractivity (Wildman–Crippen MR) is 143 cm³/mol. The van der Waals surface area contributed by atoms with E-state index in [-0.39, 0.29) is 30.7 Å². The van der Waals surface area contributed by atoms with Crippen molar-refractivity contribution in [2.24, 2.45) is 5.92 Å². The zero-order valence-electron chi connectivity index (χ0n) is 19.4. The Morgan fingerprint density at radius 3 is 2.53 bits per heavy atom. The first-order chi connectivity index (χ1) is 17.4. The summed E-state index contributed by atoms with van der Waals surface area (Å²) >= 11 is 9.44. The SMILES string of the molecule is O=C(COc1ccc(N2C[C@H](C(=O)NCCc3ccccc3)CC2=O)cc1)Nc1ccc(Br)cc1Cl. The summed E-state index contributed by atoms with van der Waals surface area (Å²) in [5.74, 6) is -0.466. The summed E-state index contributed by atoms with van der Waals surface area (Å²) in [4.78, 5) is 38.9. The number of nitrogens with zero attached hydrogens (tertiary/aromatic N) is 1. The van der Waals surface area contributed by atoms with Crippen molar-refractivity contribution in [1.82, 2.24) is 5.32 Å². The Bertz CT molecular complexity index is 1240. The molecule has 4 rings (SSSR count). The molecule has 0 aliphatic carbocycles. The summed E-state index contributed by atoms with van der Waals surface area (Å²) in [6.45, 7) is 0.660. The number of hydrogen-bond donors (Lipinski definition) is 2. The summed E-state index contributed by atoms with van der Waals surface area (Å²) < 4.78 is 6.37. The number of amides is 3. The Balaban J connectivity index is 1.24. The molecule has 36 heavy (non-hydrogen) atoms. The Morgan fingerprint density at radius 1 is 1.06 bits per heavy atom. The summed E-state index contributed by atoms with van der Waals surface area (Å²) in [6, 6.07) is 22.0. The molecule has 186 valence electrons. The van der Waals surface area contributed by atoms with Gasteiger partial charge in [0.1, 0.15) is 5.75 Å². The van der Waals surface area contributed by atoms with Gasteiger partial charge >= 0.3 is 0 Å². The fourth-order valence-electron chi connectivity index (χ4n) is 3.90. The standard InChI is InChI=1S/C27H25BrClN3O4/c28-20-6-11-24(23(29)15-20)31-25(33)17-36-22-9-7-21(8-10-22)32-16-19(14-26(32)34)27(35)30-13-12-18-4-2-1-3-5-18/h1-11,15,19H,12-14,16-17H2,(H,30,35)(H,31,33)/t19-/m1/s1. The highest BCUT2D eigenvalue weighted by atomic mass is 79.9. The molecule has 1 atom stereocenters. The molecule has 1 saturated heterocycles. The van der Waals surface area contributed by atoms with E-state index in [4.69, 9.17) is 16.3 Å². The van der Waals surface area contributed by atoms with Gasteiger partial charge in [0.2, 0.25) is 11.8 Å². The summed E-state index contributed by atoms with van der Waals surface area (Å²) in [6.07, 6.45) is 0.917. The van der Waals surface area contributed by atoms with E-state index >= 15 is 0 Å². The number of benzene rings is 3. The largest absolute Gasteiger partial charge is 0.484 e. The number of carbonyl (C=O) groups is 3. The Morgan fingerprint density at radius 2 is 1.81 bits per heavy atom. The van der Waals surface area contributed by atoms with Crippen LogP contribution in [0, 0.1) is 5.92 Å². The van der Waals surface area contributed by atoms with Crippen LogP contribution >= 0.6 is 27.5 Å². The number of rotatable bonds is 9. The third kappa shape index (κ3) is 6.86. The number of ether oxygens (including phenoxy) is 1. The maximum atomic E-state index is 12.6. The molecule has 7 nitrogen and oxygen atoms in total. The van der Waals surface area contributed by atoms with Gasteiger partial charge in [0.05, 0.1) is 16.6 Å². The van der Waals surface area contributed by atoms with E-state index < -0.39 is 5.92 Å². The van der Waals surface area contributed by atoms with Crippen LogP contribution in [0.3, 0.4) is 0 Å². The Labute approximate surface area is 222 Å². The fourth-order valence-corrected chi connectivity index (χ4v) is 4.62. The van der Waals surface area contributed by atoms with Crippen LogP contribution in [0.25, 0.3) is 0 Å². The second kappa shape index (κ2) is 12.1. The Kier molecular flexibility index (Phi) is 8.61. The zero-order valence-corrected chi connectivity index (χ0v) is 21.7. The molecule has 3 aromatic rings. The quantitative estimate of drug-likeness (QED) is 0.386. The zero-order chi connectivity index (χ0) is 25.5. The average molecular weight is 571 g/mol. The van der Waals surface area contributed by atoms with Gasteiger partial charge in [-0.3, -0.25) is 14.4 Å². The third-order valence-corrected chi connectivity index (χ3v) is 6.58. The normalized spacial score (nSPS) is 15.0. The number of anilines is 2. The van der Waals surface area contributed by atoms with Gasteiger partial charge in [-0.25, -0.2) is 0 Å². The molecular formula is C27H25BrClN3O4. The van der Waals surface area contributed by atoms with E-state index in [1.54, 1.807) is 47.4 Å². The van der Waals surface area contributed by atoms with E-state index in [1.165, 1.54) is 0 Å². The average Bonchev–Trinajstić information content (AvgIpc) is 3.27. The van der Waals surface area contributed by atoms with Crippen molar-refractivity contribution in [2.75, 3.05) is 29.9 Å². The van der Waals surface area contributed by atoms with E-state index in [1.807, 2.05) is 30.3 Å². The molecule has 0 radical (unpaired) electrons. The maximum absolute atomic E-state index is 12.6. The molecule has 0 unspecified atom stereocenters. The maximum Gasteiger partial charge on any atom is 0.262 e. The summed E-state index contributed by atoms with van der Waals surface area (Å²) in [5.41, 5.74) is 2.33. The lowest BCUT2D eigenvalue weighted by atomic mass is 10.1. The highest BCUT2D eigenvalue weighted by molar-refractivity contribution is 9.10. The van der Waals surface area contributed by atoms with Crippen LogP contribution in [0.15, 0.2) is 77.3 Å². The van der Waals surface area contributed by atoms with E-state index in [0.717, 1.165) is 16.5 Å². The van der Waals surface area contributed by atoms with Crippen LogP contribution in [0.4, 0.5) is 11.4 Å². The van der Waals surface area contributed by atoms with Gasteiger partial charge in [-0.15, -0.1) is 0 Å². The molecule has 3 aromatic carbocycles. The first kappa shape index (κ1) is 25.7. The minimum Gasteiger partial charge on any atom is -0.484 e. The summed E-state index contributed by atoms with van der Waals surface area (Å²) in [5, 5.41) is 6.06. The van der Waals surface area contributed by atoms with Crippen LogP contribution in [0.1, 0.15) is 12.0 Å². The van der Waals surface area contributed by atoms with Crippen LogP contribution in [0.2, 0.25) is 5.02 Å². The minimum atomic E-state index is -0.390. The number of hydrogen-bond acceptors (Lipinski definition) is 4. The monoisotopic (exact) mass is 569 g/mol. The van der Waals surface area contributed by atoms with Gasteiger partial charge < -0.3 is 20.3 Å². The van der Waals surface area contributed by atoms with Gasteiger partial charge in [-0.2, -0.15) is 0 Å². The molecule has 0 spiro atoms. The fraction of sp³-hybridized carbons (Fsp3) is 0.222. The molecule has 1 aliphatic rings. The molecule has 2 N–H and O–H groups in total. The Hall–Kier alpha value is -3.36. The second-order valence-electron chi connectivity index (χ2n) is 8.39. The van der Waals surface area contributed by atoms with E-state index in [0.29, 0.717) is 35.2 Å². The first-order valence-electron chi connectivity index (χ1n) is 11.5. The van der Waals surface area contributed by atoms with Gasteiger partial charge in [0.25, 0.3) is 5.91 Å². The van der Waals surface area contributed by atoms with Crippen molar-refractivity contribution in [2.45, 2.75) is 12.8 Å². The summed E-state index contributed by atoms with van der Waals surface area (Å²) in [7, 11) is 0. The molecule has 0 bridgehead atoms. The smallest absolute Gasteiger partial charge is 0.262 e. The lowest BCUT2D eigenvalue weighted by Crippen LogP contribution is -2.34. The van der Waals surface area contributed by atoms with Gasteiger partial charge in [0, 0.05) is 29.7 Å². The van der Waals surface area contributed by atoms with Crippen molar-refractivity contribution in [3.63, 3.8) is 0 Å². The second-order valence-corrected chi connectivity index (χ2v) is 9.71. The van der Waals surface area contributed by atoms with Crippen molar-refractivity contribution >= 4 is 56.6 Å². The van der Waals surface area contributed by atoms with Crippen molar-refractivity contribution < 1.29 is 19.1 Å². The number of carbonyl (C=O) groups excluding carboxylic acids is 3. The number of halogens is 2. The van der Waals surface area contributed by atoms with Crippen LogP contribution in [0.5, 0.6) is 5.75 Å². The topological polar surface area (TPSA) is 87.7 Å². The number of nitrogens with one attached hydrogen (secondary N) is 2. The molecule has 0 aromatic heterocycles. The lowest BCUT2D eigenvalue weighted by molar-refractivity contribution is -0.126. The van der Waals surface area contributed by atoms with Crippen molar-refractivity contribution in [3.8, 4) is 5.75 Å². The van der Waals surface area contributed by atoms with Crippen LogP contribution in [-0.4, -0.2) is 37.4 Å². The van der Waals surface area contributed by atoms with Gasteiger partial charge in [-0.05, 0) is 54.4 Å². The lowest BCUT2D eigenvalue weighted by Gasteiger charge is -2.17. The highest BCUT2D eigenvalue weighted by Gasteiger charge is 2.34. The predicted octanol–water partition coefficient (Wildman–Crippen LogP) is 4.83. The van der Waals surface area contributed by atoms with Gasteiger partial charge in [-0.1, -0.05) is 57.9 Å². The van der Waals surface area contributed by atoms with Crippen molar-refractivity contribution in [1.29, 1.82) is 0 Å². The van der Waals surface area contributed by atoms with Crippen LogP contribution < -0.4 is 20.3 Å². The molecule has 1 aliphatic heterocycles. The third-order valence-electron chi connectivity index (χ3n) is 5.78. The van der Waals surface area contributed by atoms with Crippen LogP contribution in [-0.2, 0) is 20.8 Å². The minimum absolute atomic E-state index is 0.0994. The highest BCUT2D eigenvalue weighted by Crippen LogP contribution is 2.28. The molecule has 9 heteroatoms. The molecule has 0 saturated carbocycles.